The molecule has 0 spiro atoms. The summed E-state index contributed by atoms with van der Waals surface area (Å²) in [6.45, 7) is 2.91. The van der Waals surface area contributed by atoms with Gasteiger partial charge in [0.25, 0.3) is 0 Å². The number of hydrogen-bond donors (Lipinski definition) is 2. The summed E-state index contributed by atoms with van der Waals surface area (Å²) >= 11 is 6.25. The number of nitrogens with one attached hydrogen (secondary N) is 1. The standard InChI is InChI=1S/C12H19ClN4/c1-2-17-12(9(13)6-15-17)11(16-14)10-7-4-3-5-8(7)10/h6-8,10-11,16H,2-5,14H2,1H3. The maximum Gasteiger partial charge on any atom is 0.0834 e. The van der Waals surface area contributed by atoms with Crippen molar-refractivity contribution < 1.29 is 0 Å². The van der Waals surface area contributed by atoms with Crippen LogP contribution in [-0.2, 0) is 6.54 Å². The Bertz CT molecular complexity index is 407. The summed E-state index contributed by atoms with van der Waals surface area (Å²) < 4.78 is 1.96. The van der Waals surface area contributed by atoms with Crippen LogP contribution in [0.1, 0.15) is 37.9 Å². The van der Waals surface area contributed by atoms with Crippen LogP contribution >= 0.6 is 11.6 Å². The molecular weight excluding hydrogens is 236 g/mol. The van der Waals surface area contributed by atoms with Crippen molar-refractivity contribution in [3.8, 4) is 0 Å². The van der Waals surface area contributed by atoms with E-state index >= 15 is 0 Å². The molecule has 1 heterocycles. The highest BCUT2D eigenvalue weighted by atomic mass is 35.5. The molecule has 3 atom stereocenters. The number of rotatable bonds is 4. The average molecular weight is 255 g/mol. The van der Waals surface area contributed by atoms with Gasteiger partial charge in [0.2, 0.25) is 0 Å². The van der Waals surface area contributed by atoms with Gasteiger partial charge in [0.05, 0.1) is 23.0 Å². The van der Waals surface area contributed by atoms with E-state index in [1.807, 2.05) is 4.68 Å². The average Bonchev–Trinajstić information content (AvgIpc) is 2.71. The summed E-state index contributed by atoms with van der Waals surface area (Å²) in [5.74, 6) is 8.12. The Hall–Kier alpha value is -0.580. The van der Waals surface area contributed by atoms with Crippen LogP contribution in [0.2, 0.25) is 5.02 Å². The van der Waals surface area contributed by atoms with E-state index in [4.69, 9.17) is 17.4 Å². The monoisotopic (exact) mass is 254 g/mol. The first-order chi connectivity index (χ1) is 8.27. The minimum atomic E-state index is 0.167. The fourth-order valence-corrected chi connectivity index (χ4v) is 3.94. The first kappa shape index (κ1) is 11.5. The summed E-state index contributed by atoms with van der Waals surface area (Å²) in [6.07, 6.45) is 5.81. The molecular formula is C12H19ClN4. The van der Waals surface area contributed by atoms with Crippen molar-refractivity contribution in [3.63, 3.8) is 0 Å². The van der Waals surface area contributed by atoms with Crippen molar-refractivity contribution in [3.05, 3.63) is 16.9 Å². The molecule has 3 N–H and O–H groups in total. The third-order valence-corrected chi connectivity index (χ3v) is 4.76. The fraction of sp³-hybridized carbons (Fsp3) is 0.750. The largest absolute Gasteiger partial charge is 0.271 e. The van der Waals surface area contributed by atoms with Gasteiger partial charge in [-0.25, -0.2) is 0 Å². The Labute approximate surface area is 106 Å². The quantitative estimate of drug-likeness (QED) is 0.639. The van der Waals surface area contributed by atoms with E-state index in [-0.39, 0.29) is 6.04 Å². The van der Waals surface area contributed by atoms with Crippen molar-refractivity contribution in [2.45, 2.75) is 38.8 Å². The van der Waals surface area contributed by atoms with Crippen molar-refractivity contribution >= 4 is 11.6 Å². The highest BCUT2D eigenvalue weighted by Gasteiger charge is 2.56. The smallest absolute Gasteiger partial charge is 0.0834 e. The van der Waals surface area contributed by atoms with Gasteiger partial charge in [-0.2, -0.15) is 5.10 Å². The van der Waals surface area contributed by atoms with Crippen molar-refractivity contribution in [2.24, 2.45) is 23.6 Å². The zero-order valence-electron chi connectivity index (χ0n) is 10.1. The number of aromatic nitrogens is 2. The highest BCUT2D eigenvalue weighted by molar-refractivity contribution is 6.31. The summed E-state index contributed by atoms with van der Waals surface area (Å²) in [5.41, 5.74) is 4.03. The molecule has 1 aromatic rings. The van der Waals surface area contributed by atoms with E-state index < -0.39 is 0 Å². The Balaban J connectivity index is 1.87. The molecule has 0 aliphatic heterocycles. The number of fused-ring (bicyclic) bond motifs is 1. The van der Waals surface area contributed by atoms with Gasteiger partial charge in [-0.05, 0) is 37.5 Å². The number of nitrogens with zero attached hydrogens (tertiary/aromatic N) is 2. The van der Waals surface area contributed by atoms with Crippen LogP contribution in [0.4, 0.5) is 0 Å². The highest BCUT2D eigenvalue weighted by Crippen LogP contribution is 2.62. The molecule has 3 unspecified atom stereocenters. The van der Waals surface area contributed by atoms with Crippen LogP contribution < -0.4 is 11.3 Å². The van der Waals surface area contributed by atoms with Crippen LogP contribution in [0.15, 0.2) is 6.20 Å². The molecule has 4 nitrogen and oxygen atoms in total. The summed E-state index contributed by atoms with van der Waals surface area (Å²) in [7, 11) is 0. The van der Waals surface area contributed by atoms with Gasteiger partial charge in [-0.1, -0.05) is 18.0 Å². The lowest BCUT2D eigenvalue weighted by Crippen LogP contribution is -2.32. The second kappa shape index (κ2) is 4.26. The number of halogens is 1. The van der Waals surface area contributed by atoms with Crippen LogP contribution in [0.3, 0.4) is 0 Å². The Kier molecular flexibility index (Phi) is 2.89. The van der Waals surface area contributed by atoms with E-state index in [2.05, 4.69) is 17.4 Å². The normalized spacial score (nSPS) is 32.5. The SMILES string of the molecule is CCn1ncc(Cl)c1C(NN)C1C2CCCC21. The molecule has 5 heteroatoms. The lowest BCUT2D eigenvalue weighted by molar-refractivity contribution is 0.397. The zero-order valence-corrected chi connectivity index (χ0v) is 10.8. The van der Waals surface area contributed by atoms with Gasteiger partial charge >= 0.3 is 0 Å². The molecule has 17 heavy (non-hydrogen) atoms. The second-order valence-corrected chi connectivity index (χ2v) is 5.58. The molecule has 0 radical (unpaired) electrons. The van der Waals surface area contributed by atoms with Crippen molar-refractivity contribution in [1.29, 1.82) is 0 Å². The maximum absolute atomic E-state index is 6.25. The van der Waals surface area contributed by atoms with Gasteiger partial charge in [-0.3, -0.25) is 16.0 Å². The van der Waals surface area contributed by atoms with Gasteiger partial charge in [-0.15, -0.1) is 0 Å². The lowest BCUT2D eigenvalue weighted by Gasteiger charge is -2.19. The fourth-order valence-electron chi connectivity index (χ4n) is 3.68. The van der Waals surface area contributed by atoms with Gasteiger partial charge < -0.3 is 0 Å². The van der Waals surface area contributed by atoms with E-state index in [9.17, 15) is 0 Å². The summed E-state index contributed by atoms with van der Waals surface area (Å²) in [6, 6.07) is 0.167. The molecule has 0 saturated heterocycles. The molecule has 3 rings (SSSR count). The summed E-state index contributed by atoms with van der Waals surface area (Å²) in [4.78, 5) is 0. The first-order valence-corrected chi connectivity index (χ1v) is 6.83. The maximum atomic E-state index is 6.25. The molecule has 94 valence electrons. The molecule has 2 saturated carbocycles. The molecule has 2 aliphatic rings. The Morgan fingerprint density at radius 2 is 2.29 bits per heavy atom. The molecule has 2 aliphatic carbocycles. The van der Waals surface area contributed by atoms with Crippen molar-refractivity contribution in [1.82, 2.24) is 15.2 Å². The van der Waals surface area contributed by atoms with E-state index in [0.29, 0.717) is 5.92 Å². The third kappa shape index (κ3) is 1.70. The minimum Gasteiger partial charge on any atom is -0.271 e. The Morgan fingerprint density at radius 1 is 1.59 bits per heavy atom. The van der Waals surface area contributed by atoms with Gasteiger partial charge in [0.15, 0.2) is 0 Å². The minimum absolute atomic E-state index is 0.167. The van der Waals surface area contributed by atoms with E-state index in [1.54, 1.807) is 6.20 Å². The summed E-state index contributed by atoms with van der Waals surface area (Å²) in [5, 5.41) is 5.03. The lowest BCUT2D eigenvalue weighted by atomic mass is 10.0. The van der Waals surface area contributed by atoms with Crippen LogP contribution in [-0.4, -0.2) is 9.78 Å². The predicted molar refractivity (Wildman–Crippen MR) is 67.3 cm³/mol. The second-order valence-electron chi connectivity index (χ2n) is 5.17. The predicted octanol–water partition coefficient (Wildman–Crippen LogP) is 2.11. The number of aryl methyl sites for hydroxylation is 1. The number of hydrogen-bond acceptors (Lipinski definition) is 3. The van der Waals surface area contributed by atoms with Gasteiger partial charge in [0, 0.05) is 6.54 Å². The molecule has 0 amide bonds. The number of nitrogens with two attached hydrogens (primary N) is 1. The first-order valence-electron chi connectivity index (χ1n) is 6.45. The molecule has 2 fully saturated rings. The third-order valence-electron chi connectivity index (χ3n) is 4.46. The van der Waals surface area contributed by atoms with Crippen LogP contribution in [0, 0.1) is 17.8 Å². The number of hydrazine groups is 1. The van der Waals surface area contributed by atoms with Gasteiger partial charge in [0.1, 0.15) is 0 Å². The van der Waals surface area contributed by atoms with E-state index in [0.717, 1.165) is 29.1 Å². The Morgan fingerprint density at radius 3 is 2.88 bits per heavy atom. The molecule has 0 aromatic carbocycles. The van der Waals surface area contributed by atoms with E-state index in [1.165, 1.54) is 19.3 Å². The van der Waals surface area contributed by atoms with Crippen LogP contribution in [0.5, 0.6) is 0 Å². The molecule has 0 bridgehead atoms. The van der Waals surface area contributed by atoms with Crippen LogP contribution in [0.25, 0.3) is 0 Å². The zero-order chi connectivity index (χ0) is 12.0. The topological polar surface area (TPSA) is 55.9 Å². The van der Waals surface area contributed by atoms with Crippen molar-refractivity contribution in [2.75, 3.05) is 0 Å². The molecule has 1 aromatic heterocycles.